The van der Waals surface area contributed by atoms with Crippen molar-refractivity contribution in [3.8, 4) is 0 Å². The van der Waals surface area contributed by atoms with Gasteiger partial charge in [0.1, 0.15) is 0 Å². The Hall–Kier alpha value is -1.64. The van der Waals surface area contributed by atoms with Crippen molar-refractivity contribution in [2.75, 3.05) is 13.2 Å². The fraction of sp³-hybridized carbons (Fsp3) is 0.500. The first kappa shape index (κ1) is 26.6. The van der Waals surface area contributed by atoms with E-state index < -0.39 is 5.79 Å². The Morgan fingerprint density at radius 2 is 0.962 bits per heavy atom. The highest BCUT2D eigenvalue weighted by molar-refractivity contribution is 5.35. The SMILES string of the molecule is CC.CC.CC.CC.Cc1ccc(C2(c3ccccc3)OCCO2)cc1. The maximum absolute atomic E-state index is 5.93. The molecule has 148 valence electrons. The van der Waals surface area contributed by atoms with Gasteiger partial charge >= 0.3 is 0 Å². The van der Waals surface area contributed by atoms with Gasteiger partial charge in [0, 0.05) is 11.1 Å². The van der Waals surface area contributed by atoms with E-state index in [1.807, 2.05) is 85.7 Å². The lowest BCUT2D eigenvalue weighted by Crippen LogP contribution is -2.28. The number of aryl methyl sites for hydroxylation is 1. The zero-order valence-electron chi connectivity index (χ0n) is 18.4. The Kier molecular flexibility index (Phi) is 17.2. The quantitative estimate of drug-likeness (QED) is 0.557. The first-order valence-electron chi connectivity index (χ1n) is 10.2. The van der Waals surface area contributed by atoms with E-state index >= 15 is 0 Å². The third kappa shape index (κ3) is 7.31. The van der Waals surface area contributed by atoms with Gasteiger partial charge in [-0.25, -0.2) is 0 Å². The van der Waals surface area contributed by atoms with Crippen LogP contribution in [0.25, 0.3) is 0 Å². The van der Waals surface area contributed by atoms with Crippen molar-refractivity contribution >= 4 is 0 Å². The van der Waals surface area contributed by atoms with E-state index in [0.717, 1.165) is 11.1 Å². The summed E-state index contributed by atoms with van der Waals surface area (Å²) in [6.45, 7) is 19.3. The molecule has 3 rings (SSSR count). The largest absolute Gasteiger partial charge is 0.340 e. The molecule has 1 saturated heterocycles. The normalized spacial score (nSPS) is 13.3. The molecule has 1 aliphatic rings. The summed E-state index contributed by atoms with van der Waals surface area (Å²) in [6.07, 6.45) is 0. The maximum Gasteiger partial charge on any atom is 0.222 e. The Labute approximate surface area is 162 Å². The summed E-state index contributed by atoms with van der Waals surface area (Å²) < 4.78 is 11.9. The zero-order valence-corrected chi connectivity index (χ0v) is 18.4. The summed E-state index contributed by atoms with van der Waals surface area (Å²) >= 11 is 0. The van der Waals surface area contributed by atoms with Gasteiger partial charge < -0.3 is 9.47 Å². The van der Waals surface area contributed by atoms with Crippen molar-refractivity contribution in [3.05, 3.63) is 71.3 Å². The van der Waals surface area contributed by atoms with Crippen molar-refractivity contribution in [1.29, 1.82) is 0 Å². The lowest BCUT2D eigenvalue weighted by Gasteiger charge is -2.28. The molecular weight excluding hydrogens is 320 g/mol. The first-order chi connectivity index (χ1) is 12.8. The Morgan fingerprint density at radius 1 is 0.577 bits per heavy atom. The predicted molar refractivity (Wildman–Crippen MR) is 116 cm³/mol. The minimum absolute atomic E-state index is 0.628. The molecule has 2 heteroatoms. The van der Waals surface area contributed by atoms with Gasteiger partial charge in [0.2, 0.25) is 5.79 Å². The van der Waals surface area contributed by atoms with Crippen LogP contribution in [0.2, 0.25) is 0 Å². The molecule has 0 bridgehead atoms. The molecule has 1 heterocycles. The zero-order chi connectivity index (χ0) is 20.4. The van der Waals surface area contributed by atoms with E-state index in [-0.39, 0.29) is 0 Å². The lowest BCUT2D eigenvalue weighted by molar-refractivity contribution is -0.129. The summed E-state index contributed by atoms with van der Waals surface area (Å²) in [5, 5.41) is 0. The van der Waals surface area contributed by atoms with Crippen LogP contribution in [0.5, 0.6) is 0 Å². The molecule has 1 fully saturated rings. The highest BCUT2D eigenvalue weighted by Crippen LogP contribution is 2.38. The Bertz CT molecular complexity index is 512. The number of hydrogen-bond acceptors (Lipinski definition) is 2. The van der Waals surface area contributed by atoms with Gasteiger partial charge in [0.25, 0.3) is 0 Å². The highest BCUT2D eigenvalue weighted by Gasteiger charge is 2.40. The van der Waals surface area contributed by atoms with E-state index in [1.54, 1.807) is 0 Å². The second kappa shape index (κ2) is 16.8. The maximum atomic E-state index is 5.93. The van der Waals surface area contributed by atoms with Crippen LogP contribution in [-0.2, 0) is 15.3 Å². The van der Waals surface area contributed by atoms with Crippen LogP contribution in [0.3, 0.4) is 0 Å². The molecule has 2 aromatic carbocycles. The van der Waals surface area contributed by atoms with Crippen molar-refractivity contribution in [2.45, 2.75) is 68.1 Å². The van der Waals surface area contributed by atoms with Crippen molar-refractivity contribution in [3.63, 3.8) is 0 Å². The molecule has 0 atom stereocenters. The monoisotopic (exact) mass is 360 g/mol. The van der Waals surface area contributed by atoms with E-state index in [2.05, 4.69) is 31.2 Å². The summed E-state index contributed by atoms with van der Waals surface area (Å²) in [6, 6.07) is 18.4. The Morgan fingerprint density at radius 3 is 1.38 bits per heavy atom. The van der Waals surface area contributed by atoms with Gasteiger partial charge in [-0.2, -0.15) is 0 Å². The van der Waals surface area contributed by atoms with Crippen LogP contribution in [0.15, 0.2) is 54.6 Å². The summed E-state index contributed by atoms with van der Waals surface area (Å²) in [5.74, 6) is -0.727. The molecule has 0 saturated carbocycles. The van der Waals surface area contributed by atoms with Gasteiger partial charge in [-0.05, 0) is 6.92 Å². The molecule has 0 N–H and O–H groups in total. The molecule has 0 aromatic heterocycles. The number of benzene rings is 2. The van der Waals surface area contributed by atoms with Gasteiger partial charge in [-0.1, -0.05) is 116 Å². The van der Waals surface area contributed by atoms with Gasteiger partial charge in [-0.15, -0.1) is 0 Å². The third-order valence-corrected chi connectivity index (χ3v) is 3.28. The van der Waals surface area contributed by atoms with Crippen LogP contribution in [0.4, 0.5) is 0 Å². The predicted octanol–water partition coefficient (Wildman–Crippen LogP) is 7.35. The summed E-state index contributed by atoms with van der Waals surface area (Å²) in [4.78, 5) is 0. The second-order valence-electron chi connectivity index (χ2n) is 4.55. The molecule has 0 amide bonds. The topological polar surface area (TPSA) is 18.5 Å². The lowest BCUT2D eigenvalue weighted by atomic mass is 9.96. The van der Waals surface area contributed by atoms with Crippen LogP contribution >= 0.6 is 0 Å². The average Bonchev–Trinajstić information content (AvgIpc) is 3.26. The molecule has 26 heavy (non-hydrogen) atoms. The molecule has 0 spiro atoms. The molecule has 0 unspecified atom stereocenters. The first-order valence-corrected chi connectivity index (χ1v) is 10.2. The molecule has 2 aromatic rings. The van der Waals surface area contributed by atoms with Crippen LogP contribution in [-0.4, -0.2) is 13.2 Å². The fourth-order valence-corrected chi connectivity index (χ4v) is 2.34. The Balaban J connectivity index is 0. The number of rotatable bonds is 2. The molecule has 0 aliphatic carbocycles. The van der Waals surface area contributed by atoms with E-state index in [1.165, 1.54) is 5.56 Å². The van der Waals surface area contributed by atoms with Crippen molar-refractivity contribution in [1.82, 2.24) is 0 Å². The van der Waals surface area contributed by atoms with Gasteiger partial charge in [0.05, 0.1) is 13.2 Å². The number of ether oxygens (including phenoxy) is 2. The van der Waals surface area contributed by atoms with Gasteiger partial charge in [0.15, 0.2) is 0 Å². The summed E-state index contributed by atoms with van der Waals surface area (Å²) in [7, 11) is 0. The second-order valence-corrected chi connectivity index (χ2v) is 4.55. The highest BCUT2D eigenvalue weighted by atomic mass is 16.7. The van der Waals surface area contributed by atoms with Crippen LogP contribution in [0, 0.1) is 6.92 Å². The van der Waals surface area contributed by atoms with Gasteiger partial charge in [-0.3, -0.25) is 0 Å². The van der Waals surface area contributed by atoms with Crippen LogP contribution < -0.4 is 0 Å². The van der Waals surface area contributed by atoms with Crippen molar-refractivity contribution in [2.24, 2.45) is 0 Å². The van der Waals surface area contributed by atoms with E-state index in [9.17, 15) is 0 Å². The smallest absolute Gasteiger partial charge is 0.222 e. The summed E-state index contributed by atoms with van der Waals surface area (Å²) in [5.41, 5.74) is 3.34. The van der Waals surface area contributed by atoms with E-state index in [0.29, 0.717) is 13.2 Å². The molecule has 0 radical (unpaired) electrons. The minimum atomic E-state index is -0.727. The standard InChI is InChI=1S/C16H16O2.4C2H6/c1-13-7-9-15(10-8-13)16(17-11-12-18-16)14-5-3-2-4-6-14;4*1-2/h2-10H,11-12H2,1H3;4*1-2H3. The minimum Gasteiger partial charge on any atom is -0.340 e. The molecule has 2 nitrogen and oxygen atoms in total. The van der Waals surface area contributed by atoms with Crippen molar-refractivity contribution < 1.29 is 9.47 Å². The van der Waals surface area contributed by atoms with Crippen LogP contribution in [0.1, 0.15) is 72.1 Å². The fourth-order valence-electron chi connectivity index (χ4n) is 2.34. The van der Waals surface area contributed by atoms with E-state index in [4.69, 9.17) is 9.47 Å². The molecule has 1 aliphatic heterocycles. The third-order valence-electron chi connectivity index (χ3n) is 3.28. The average molecular weight is 361 g/mol. The molecular formula is C24H40O2. The number of hydrogen-bond donors (Lipinski definition) is 0.